The molecule has 0 aromatic heterocycles. The van der Waals surface area contributed by atoms with Gasteiger partial charge in [-0.05, 0) is 50.3 Å². The molecule has 1 fully saturated rings. The van der Waals surface area contributed by atoms with Gasteiger partial charge in [-0.2, -0.15) is 0 Å². The molecule has 110 valence electrons. The number of rotatable bonds is 5. The molecule has 1 amide bonds. The van der Waals surface area contributed by atoms with E-state index in [-0.39, 0.29) is 5.91 Å². The molecule has 1 aromatic carbocycles. The van der Waals surface area contributed by atoms with Gasteiger partial charge in [0.2, 0.25) is 5.91 Å². The van der Waals surface area contributed by atoms with Gasteiger partial charge in [-0.15, -0.1) is 0 Å². The van der Waals surface area contributed by atoms with Gasteiger partial charge in [-0.1, -0.05) is 31.5 Å². The SMILES string of the molecule is CCc1cccc(C)c1NC(=O)CCC1CCCCN1. The first-order valence-electron chi connectivity index (χ1n) is 7.82. The van der Waals surface area contributed by atoms with Crippen molar-refractivity contribution in [1.29, 1.82) is 0 Å². The molecule has 3 heteroatoms. The Morgan fingerprint density at radius 3 is 2.95 bits per heavy atom. The highest BCUT2D eigenvalue weighted by Gasteiger charge is 2.15. The third-order valence-corrected chi connectivity index (χ3v) is 4.14. The summed E-state index contributed by atoms with van der Waals surface area (Å²) in [6.45, 7) is 5.28. The second-order valence-corrected chi connectivity index (χ2v) is 5.70. The molecule has 1 aliphatic rings. The van der Waals surface area contributed by atoms with Crippen LogP contribution in [-0.4, -0.2) is 18.5 Å². The van der Waals surface area contributed by atoms with Crippen molar-refractivity contribution in [2.75, 3.05) is 11.9 Å². The van der Waals surface area contributed by atoms with Crippen LogP contribution in [0.3, 0.4) is 0 Å². The van der Waals surface area contributed by atoms with Crippen molar-refractivity contribution < 1.29 is 4.79 Å². The van der Waals surface area contributed by atoms with Gasteiger partial charge in [0.15, 0.2) is 0 Å². The van der Waals surface area contributed by atoms with Crippen LogP contribution in [0.2, 0.25) is 0 Å². The van der Waals surface area contributed by atoms with E-state index in [1.54, 1.807) is 0 Å². The second-order valence-electron chi connectivity index (χ2n) is 5.70. The zero-order valence-electron chi connectivity index (χ0n) is 12.7. The Balaban J connectivity index is 1.88. The number of carbonyl (C=O) groups excluding carboxylic acids is 1. The largest absolute Gasteiger partial charge is 0.326 e. The number of carbonyl (C=O) groups is 1. The van der Waals surface area contributed by atoms with Crippen LogP contribution in [0.5, 0.6) is 0 Å². The summed E-state index contributed by atoms with van der Waals surface area (Å²) in [7, 11) is 0. The number of anilines is 1. The van der Waals surface area contributed by atoms with Gasteiger partial charge in [0, 0.05) is 18.2 Å². The first-order valence-corrected chi connectivity index (χ1v) is 7.82. The number of para-hydroxylation sites is 1. The van der Waals surface area contributed by atoms with E-state index in [0.29, 0.717) is 12.5 Å². The molecule has 20 heavy (non-hydrogen) atoms. The van der Waals surface area contributed by atoms with Crippen molar-refractivity contribution in [1.82, 2.24) is 5.32 Å². The van der Waals surface area contributed by atoms with E-state index < -0.39 is 0 Å². The van der Waals surface area contributed by atoms with Crippen LogP contribution < -0.4 is 10.6 Å². The van der Waals surface area contributed by atoms with Crippen LogP contribution in [-0.2, 0) is 11.2 Å². The van der Waals surface area contributed by atoms with Crippen LogP contribution in [0.1, 0.15) is 50.2 Å². The van der Waals surface area contributed by atoms with E-state index in [1.807, 2.05) is 0 Å². The molecule has 1 heterocycles. The summed E-state index contributed by atoms with van der Waals surface area (Å²) in [6, 6.07) is 6.72. The molecule has 3 nitrogen and oxygen atoms in total. The van der Waals surface area contributed by atoms with Crippen LogP contribution in [0.4, 0.5) is 5.69 Å². The number of hydrogen-bond donors (Lipinski definition) is 2. The maximum absolute atomic E-state index is 12.1. The standard InChI is InChI=1S/C17H26N2O/c1-3-14-8-6-7-13(2)17(14)19-16(20)11-10-15-9-4-5-12-18-15/h6-8,15,18H,3-5,9-12H2,1-2H3,(H,19,20). The molecular weight excluding hydrogens is 248 g/mol. The molecule has 1 saturated heterocycles. The first kappa shape index (κ1) is 15.0. The summed E-state index contributed by atoms with van der Waals surface area (Å²) in [5, 5.41) is 6.59. The van der Waals surface area contributed by atoms with Gasteiger partial charge in [-0.3, -0.25) is 4.79 Å². The number of aryl methyl sites for hydroxylation is 2. The molecule has 1 atom stereocenters. The quantitative estimate of drug-likeness (QED) is 0.864. The molecule has 0 spiro atoms. The monoisotopic (exact) mass is 274 g/mol. The van der Waals surface area contributed by atoms with E-state index in [0.717, 1.165) is 30.6 Å². The van der Waals surface area contributed by atoms with Crippen molar-refractivity contribution in [2.45, 2.75) is 58.4 Å². The summed E-state index contributed by atoms with van der Waals surface area (Å²) in [4.78, 5) is 12.1. The van der Waals surface area contributed by atoms with Gasteiger partial charge < -0.3 is 10.6 Å². The highest BCUT2D eigenvalue weighted by atomic mass is 16.1. The maximum atomic E-state index is 12.1. The number of amides is 1. The lowest BCUT2D eigenvalue weighted by molar-refractivity contribution is -0.116. The minimum atomic E-state index is 0.140. The van der Waals surface area contributed by atoms with Crippen molar-refractivity contribution >= 4 is 11.6 Å². The summed E-state index contributed by atoms with van der Waals surface area (Å²) < 4.78 is 0. The van der Waals surface area contributed by atoms with Gasteiger partial charge in [0.1, 0.15) is 0 Å². The smallest absolute Gasteiger partial charge is 0.224 e. The van der Waals surface area contributed by atoms with E-state index in [4.69, 9.17) is 0 Å². The lowest BCUT2D eigenvalue weighted by atomic mass is 10.00. The summed E-state index contributed by atoms with van der Waals surface area (Å²) in [5.74, 6) is 0.140. The molecule has 0 bridgehead atoms. The van der Waals surface area contributed by atoms with E-state index >= 15 is 0 Å². The van der Waals surface area contributed by atoms with Crippen LogP contribution in [0.25, 0.3) is 0 Å². The predicted octanol–water partition coefficient (Wildman–Crippen LogP) is 3.42. The Hall–Kier alpha value is -1.35. The Morgan fingerprint density at radius 2 is 2.25 bits per heavy atom. The van der Waals surface area contributed by atoms with Gasteiger partial charge >= 0.3 is 0 Å². The second kappa shape index (κ2) is 7.44. The Kier molecular flexibility index (Phi) is 5.60. The van der Waals surface area contributed by atoms with Gasteiger partial charge in [-0.25, -0.2) is 0 Å². The zero-order valence-corrected chi connectivity index (χ0v) is 12.7. The molecule has 0 aliphatic carbocycles. The number of piperidine rings is 1. The lowest BCUT2D eigenvalue weighted by Gasteiger charge is -2.23. The molecule has 1 unspecified atom stereocenters. The normalized spacial score (nSPS) is 18.8. The average molecular weight is 274 g/mol. The lowest BCUT2D eigenvalue weighted by Crippen LogP contribution is -2.34. The fraction of sp³-hybridized carbons (Fsp3) is 0.588. The zero-order chi connectivity index (χ0) is 14.4. The Bertz CT molecular complexity index is 450. The molecule has 0 saturated carbocycles. The minimum absolute atomic E-state index is 0.140. The third-order valence-electron chi connectivity index (χ3n) is 4.14. The van der Waals surface area contributed by atoms with E-state index in [9.17, 15) is 4.79 Å². The van der Waals surface area contributed by atoms with Gasteiger partial charge in [0.05, 0.1) is 0 Å². The van der Waals surface area contributed by atoms with Crippen LogP contribution in [0, 0.1) is 6.92 Å². The molecule has 1 aromatic rings. The fourth-order valence-corrected chi connectivity index (χ4v) is 2.88. The summed E-state index contributed by atoms with van der Waals surface area (Å²) in [5.41, 5.74) is 3.37. The maximum Gasteiger partial charge on any atom is 0.224 e. The van der Waals surface area contributed by atoms with E-state index in [1.165, 1.54) is 24.8 Å². The highest BCUT2D eigenvalue weighted by molar-refractivity contribution is 5.92. The van der Waals surface area contributed by atoms with Crippen LogP contribution in [0.15, 0.2) is 18.2 Å². The van der Waals surface area contributed by atoms with Crippen molar-refractivity contribution in [3.63, 3.8) is 0 Å². The van der Waals surface area contributed by atoms with Crippen molar-refractivity contribution in [3.05, 3.63) is 29.3 Å². The number of benzene rings is 1. The minimum Gasteiger partial charge on any atom is -0.326 e. The summed E-state index contributed by atoms with van der Waals surface area (Å²) in [6.07, 6.45) is 6.26. The highest BCUT2D eigenvalue weighted by Crippen LogP contribution is 2.21. The molecule has 2 rings (SSSR count). The van der Waals surface area contributed by atoms with Crippen molar-refractivity contribution in [3.8, 4) is 0 Å². The van der Waals surface area contributed by atoms with Gasteiger partial charge in [0.25, 0.3) is 0 Å². The predicted molar refractivity (Wildman–Crippen MR) is 84.1 cm³/mol. The number of nitrogens with one attached hydrogen (secondary N) is 2. The topological polar surface area (TPSA) is 41.1 Å². The number of hydrogen-bond acceptors (Lipinski definition) is 2. The molecule has 1 aliphatic heterocycles. The molecule has 2 N–H and O–H groups in total. The Morgan fingerprint density at radius 1 is 1.40 bits per heavy atom. The Labute approximate surface area is 122 Å². The first-order chi connectivity index (χ1) is 9.70. The third kappa shape index (κ3) is 4.07. The van der Waals surface area contributed by atoms with Crippen molar-refractivity contribution in [2.24, 2.45) is 0 Å². The van der Waals surface area contributed by atoms with E-state index in [2.05, 4.69) is 42.7 Å². The average Bonchev–Trinajstić information content (AvgIpc) is 2.48. The fourth-order valence-electron chi connectivity index (χ4n) is 2.88. The molecular formula is C17H26N2O. The van der Waals surface area contributed by atoms with Crippen LogP contribution >= 0.6 is 0 Å². The molecule has 0 radical (unpaired) electrons. The summed E-state index contributed by atoms with van der Waals surface area (Å²) >= 11 is 0.